The molecule has 2 aromatic rings. The second-order valence-electron chi connectivity index (χ2n) is 5.06. The Morgan fingerprint density at radius 3 is 2.39 bits per heavy atom. The van der Waals surface area contributed by atoms with E-state index in [0.717, 1.165) is 6.42 Å². The van der Waals surface area contributed by atoms with Gasteiger partial charge in [0.2, 0.25) is 0 Å². The fourth-order valence-corrected chi connectivity index (χ4v) is 2.93. The number of ketones is 1. The van der Waals surface area contributed by atoms with Crippen molar-refractivity contribution in [2.75, 3.05) is 7.11 Å². The van der Waals surface area contributed by atoms with Crippen LogP contribution in [0, 0.1) is 0 Å². The molecule has 0 saturated carbocycles. The number of rotatable bonds is 5. The zero-order valence-electron chi connectivity index (χ0n) is 12.9. The molecule has 0 heterocycles. The zero-order chi connectivity index (χ0) is 17.0. The van der Waals surface area contributed by atoms with Crippen molar-refractivity contribution in [3.05, 3.63) is 68.1 Å². The molecule has 0 bridgehead atoms. The van der Waals surface area contributed by atoms with E-state index in [1.165, 1.54) is 12.7 Å². The molecule has 2 rings (SSSR count). The molecule has 0 radical (unpaired) electrons. The van der Waals surface area contributed by atoms with E-state index in [9.17, 15) is 9.59 Å². The van der Waals surface area contributed by atoms with E-state index in [0.29, 0.717) is 26.2 Å². The Morgan fingerprint density at radius 1 is 1.17 bits per heavy atom. The van der Waals surface area contributed by atoms with Crippen molar-refractivity contribution < 1.29 is 14.3 Å². The summed E-state index contributed by atoms with van der Waals surface area (Å²) < 4.78 is 5.30. The largest absolute Gasteiger partial charge is 0.469 e. The quantitative estimate of drug-likeness (QED) is 0.548. The van der Waals surface area contributed by atoms with E-state index in [1.54, 1.807) is 24.3 Å². The van der Waals surface area contributed by atoms with E-state index in [-0.39, 0.29) is 18.2 Å². The third-order valence-electron chi connectivity index (χ3n) is 3.57. The number of hydrogen-bond acceptors (Lipinski definition) is 3. The van der Waals surface area contributed by atoms with Crippen LogP contribution in [0.5, 0.6) is 0 Å². The van der Waals surface area contributed by atoms with Crippen molar-refractivity contribution in [2.45, 2.75) is 19.8 Å². The summed E-state index contributed by atoms with van der Waals surface area (Å²) in [7, 11) is 1.33. The highest BCUT2D eigenvalue weighted by Crippen LogP contribution is 2.28. The lowest BCUT2D eigenvalue weighted by molar-refractivity contribution is -0.139. The molecule has 0 spiro atoms. The van der Waals surface area contributed by atoms with Gasteiger partial charge in [0.05, 0.1) is 18.6 Å². The van der Waals surface area contributed by atoms with Gasteiger partial charge in [0.1, 0.15) is 0 Å². The average molecular weight is 396 g/mol. The third kappa shape index (κ3) is 4.21. The number of esters is 1. The summed E-state index contributed by atoms with van der Waals surface area (Å²) in [4.78, 5) is 24.0. The van der Waals surface area contributed by atoms with Crippen LogP contribution in [0.3, 0.4) is 0 Å². The molecule has 3 nitrogen and oxygen atoms in total. The minimum Gasteiger partial charge on any atom is -0.469 e. The van der Waals surface area contributed by atoms with E-state index < -0.39 is 0 Å². The van der Waals surface area contributed by atoms with Gasteiger partial charge in [0.25, 0.3) is 0 Å². The van der Waals surface area contributed by atoms with Crippen LogP contribution in [0.4, 0.5) is 0 Å². The van der Waals surface area contributed by atoms with Crippen LogP contribution in [-0.2, 0) is 22.4 Å². The summed E-state index contributed by atoms with van der Waals surface area (Å²) in [5, 5.41) is 0.316. The maximum absolute atomic E-state index is 12.6. The normalized spacial score (nSPS) is 10.4. The monoisotopic (exact) mass is 394 g/mol. The Kier molecular flexibility index (Phi) is 5.97. The number of aryl methyl sites for hydroxylation is 1. The molecular weight excluding hydrogens is 380 g/mol. The second-order valence-corrected chi connectivity index (χ2v) is 6.32. The minimum atomic E-state index is -0.365. The van der Waals surface area contributed by atoms with Gasteiger partial charge in [0.15, 0.2) is 5.78 Å². The lowest BCUT2D eigenvalue weighted by atomic mass is 9.99. The fourth-order valence-electron chi connectivity index (χ4n) is 2.17. The van der Waals surface area contributed by atoms with Gasteiger partial charge < -0.3 is 4.74 Å². The number of benzene rings is 2. The molecule has 0 fully saturated rings. The van der Waals surface area contributed by atoms with Gasteiger partial charge in [0, 0.05) is 15.6 Å². The van der Waals surface area contributed by atoms with E-state index in [2.05, 4.69) is 27.6 Å². The highest BCUT2D eigenvalue weighted by Gasteiger charge is 2.17. The first-order chi connectivity index (χ1) is 11.0. The molecule has 0 N–H and O–H groups in total. The van der Waals surface area contributed by atoms with Crippen LogP contribution in [0.1, 0.15) is 34.0 Å². The molecular formula is C18H16BrClO3. The maximum Gasteiger partial charge on any atom is 0.310 e. The Labute approximate surface area is 148 Å². The third-order valence-corrected chi connectivity index (χ3v) is 4.62. The van der Waals surface area contributed by atoms with Crippen molar-refractivity contribution in [2.24, 2.45) is 0 Å². The minimum absolute atomic E-state index is 0.0937. The molecule has 0 atom stereocenters. The molecule has 2 aromatic carbocycles. The highest BCUT2D eigenvalue weighted by molar-refractivity contribution is 9.10. The average Bonchev–Trinajstić information content (AvgIpc) is 2.57. The Morgan fingerprint density at radius 2 is 1.83 bits per heavy atom. The Bertz CT molecular complexity index is 739. The first-order valence-corrected chi connectivity index (χ1v) is 8.31. The van der Waals surface area contributed by atoms with Crippen LogP contribution in [0.25, 0.3) is 0 Å². The molecule has 5 heteroatoms. The maximum atomic E-state index is 12.6. The second kappa shape index (κ2) is 7.75. The lowest BCUT2D eigenvalue weighted by Crippen LogP contribution is -2.07. The fraction of sp³-hybridized carbons (Fsp3) is 0.222. The molecule has 0 amide bonds. The van der Waals surface area contributed by atoms with Gasteiger partial charge in [-0.25, -0.2) is 0 Å². The molecule has 120 valence electrons. The van der Waals surface area contributed by atoms with E-state index in [1.807, 2.05) is 12.1 Å². The van der Waals surface area contributed by atoms with Crippen LogP contribution in [0.2, 0.25) is 5.02 Å². The van der Waals surface area contributed by atoms with E-state index in [4.69, 9.17) is 11.6 Å². The summed E-state index contributed by atoms with van der Waals surface area (Å²) in [5.41, 5.74) is 2.83. The Hall–Kier alpha value is -1.65. The summed E-state index contributed by atoms with van der Waals surface area (Å²) in [6.07, 6.45) is 1.01. The van der Waals surface area contributed by atoms with Gasteiger partial charge in [-0.3, -0.25) is 9.59 Å². The van der Waals surface area contributed by atoms with Crippen molar-refractivity contribution in [3.63, 3.8) is 0 Å². The molecule has 0 aliphatic heterocycles. The van der Waals surface area contributed by atoms with E-state index >= 15 is 0 Å². The van der Waals surface area contributed by atoms with Crippen LogP contribution < -0.4 is 0 Å². The number of halogens is 2. The van der Waals surface area contributed by atoms with Gasteiger partial charge in [-0.1, -0.05) is 58.7 Å². The highest BCUT2D eigenvalue weighted by atomic mass is 79.9. The summed E-state index contributed by atoms with van der Waals surface area (Å²) in [6.45, 7) is 2.06. The van der Waals surface area contributed by atoms with Gasteiger partial charge in [-0.05, 0) is 29.7 Å². The summed E-state index contributed by atoms with van der Waals surface area (Å²) in [6, 6.07) is 10.7. The molecule has 0 aliphatic carbocycles. The molecule has 0 unspecified atom stereocenters. The molecule has 23 heavy (non-hydrogen) atoms. The topological polar surface area (TPSA) is 43.4 Å². The van der Waals surface area contributed by atoms with Crippen LogP contribution in [0.15, 0.2) is 40.9 Å². The summed E-state index contributed by atoms with van der Waals surface area (Å²) >= 11 is 9.62. The first-order valence-electron chi connectivity index (χ1n) is 7.14. The van der Waals surface area contributed by atoms with Crippen molar-refractivity contribution in [1.29, 1.82) is 0 Å². The standard InChI is InChI=1S/C18H16BrClO3/c1-3-11-4-6-12(7-5-11)18(22)14-10-15(19)13(8-16(14)20)9-17(21)23-2/h4-8,10H,3,9H2,1-2H3. The number of ether oxygens (including phenoxy) is 1. The van der Waals surface area contributed by atoms with Gasteiger partial charge in [-0.15, -0.1) is 0 Å². The SMILES string of the molecule is CCc1ccc(C(=O)c2cc(Br)c(CC(=O)OC)cc2Cl)cc1. The number of carbonyl (C=O) groups excluding carboxylic acids is 2. The van der Waals surface area contributed by atoms with Gasteiger partial charge >= 0.3 is 5.97 Å². The zero-order valence-corrected chi connectivity index (χ0v) is 15.2. The first kappa shape index (κ1) is 17.7. The van der Waals surface area contributed by atoms with Crippen molar-refractivity contribution >= 4 is 39.3 Å². The van der Waals surface area contributed by atoms with Gasteiger partial charge in [-0.2, -0.15) is 0 Å². The predicted molar refractivity (Wildman–Crippen MR) is 94.1 cm³/mol. The van der Waals surface area contributed by atoms with Crippen molar-refractivity contribution in [3.8, 4) is 0 Å². The number of carbonyl (C=O) groups is 2. The van der Waals surface area contributed by atoms with Crippen molar-refractivity contribution in [1.82, 2.24) is 0 Å². The Balaban J connectivity index is 2.33. The lowest BCUT2D eigenvalue weighted by Gasteiger charge is -2.09. The molecule has 0 saturated heterocycles. The molecule has 0 aliphatic rings. The summed E-state index contributed by atoms with van der Waals surface area (Å²) in [5.74, 6) is -0.515. The van der Waals surface area contributed by atoms with Crippen LogP contribution in [-0.4, -0.2) is 18.9 Å². The molecule has 0 aromatic heterocycles. The predicted octanol–water partition coefficient (Wildman–Crippen LogP) is 4.61. The smallest absolute Gasteiger partial charge is 0.310 e. The van der Waals surface area contributed by atoms with Crippen LogP contribution >= 0.6 is 27.5 Å². The number of hydrogen-bond donors (Lipinski definition) is 0. The number of methoxy groups -OCH3 is 1.